The molecule has 1 saturated heterocycles. The molecule has 0 spiro atoms. The van der Waals surface area contributed by atoms with E-state index in [9.17, 15) is 8.42 Å². The van der Waals surface area contributed by atoms with Gasteiger partial charge in [0.25, 0.3) is 10.0 Å². The summed E-state index contributed by atoms with van der Waals surface area (Å²) in [4.78, 5) is 8.50. The maximum atomic E-state index is 12.4. The third-order valence-electron chi connectivity index (χ3n) is 4.17. The molecule has 1 aliphatic heterocycles. The molecule has 0 unspecified atom stereocenters. The highest BCUT2D eigenvalue weighted by molar-refractivity contribution is 7.89. The molecule has 1 aliphatic rings. The second-order valence-corrected chi connectivity index (χ2v) is 8.17. The maximum absolute atomic E-state index is 12.4. The van der Waals surface area contributed by atoms with Gasteiger partial charge in [0.2, 0.25) is 5.89 Å². The molecule has 9 nitrogen and oxygen atoms in total. The Bertz CT molecular complexity index is 821. The number of sulfonamides is 1. The first-order valence-electron chi connectivity index (χ1n) is 8.30. The van der Waals surface area contributed by atoms with Crippen molar-refractivity contribution in [3.63, 3.8) is 0 Å². The first-order chi connectivity index (χ1) is 11.9. The number of ether oxygens (including phenoxy) is 1. The van der Waals surface area contributed by atoms with Crippen LogP contribution < -0.4 is 4.72 Å². The third kappa shape index (κ3) is 4.07. The Morgan fingerprint density at radius 2 is 2.04 bits per heavy atom. The van der Waals surface area contributed by atoms with Gasteiger partial charge < -0.3 is 13.8 Å². The molecule has 0 radical (unpaired) electrons. The Hall–Kier alpha value is -1.78. The molecule has 0 aliphatic carbocycles. The number of imidazole rings is 1. The van der Waals surface area contributed by atoms with Gasteiger partial charge >= 0.3 is 0 Å². The van der Waals surface area contributed by atoms with Crippen molar-refractivity contribution in [2.75, 3.05) is 13.2 Å². The fourth-order valence-electron chi connectivity index (χ4n) is 2.81. The summed E-state index contributed by atoms with van der Waals surface area (Å²) in [5.74, 6) is 1.89. The number of aromatic nitrogens is 4. The largest absolute Gasteiger partial charge is 0.381 e. The summed E-state index contributed by atoms with van der Waals surface area (Å²) in [5.41, 5.74) is 0. The van der Waals surface area contributed by atoms with Crippen LogP contribution in [0.1, 0.15) is 56.1 Å². The van der Waals surface area contributed by atoms with Crippen LogP contribution in [0.15, 0.2) is 15.7 Å². The van der Waals surface area contributed by atoms with Gasteiger partial charge in [-0.15, -0.1) is 0 Å². The smallest absolute Gasteiger partial charge is 0.260 e. The van der Waals surface area contributed by atoms with Crippen LogP contribution in [0.25, 0.3) is 0 Å². The van der Waals surface area contributed by atoms with E-state index < -0.39 is 10.0 Å². The van der Waals surface area contributed by atoms with Gasteiger partial charge in [-0.3, -0.25) is 0 Å². The molecule has 3 rings (SSSR count). The molecule has 10 heteroatoms. The highest BCUT2D eigenvalue weighted by Crippen LogP contribution is 2.24. The van der Waals surface area contributed by atoms with Crippen molar-refractivity contribution in [2.24, 2.45) is 7.05 Å². The van der Waals surface area contributed by atoms with E-state index in [2.05, 4.69) is 19.8 Å². The molecule has 1 fully saturated rings. The molecule has 0 amide bonds. The second-order valence-electron chi connectivity index (χ2n) is 6.46. The van der Waals surface area contributed by atoms with Gasteiger partial charge in [-0.25, -0.2) is 18.1 Å². The molecule has 0 aromatic carbocycles. The van der Waals surface area contributed by atoms with Crippen molar-refractivity contribution in [1.82, 2.24) is 24.4 Å². The predicted octanol–water partition coefficient (Wildman–Crippen LogP) is 1.30. The van der Waals surface area contributed by atoms with Crippen LogP contribution in [-0.4, -0.2) is 41.3 Å². The molecule has 2 aromatic heterocycles. The highest BCUT2D eigenvalue weighted by atomic mass is 32.2. The van der Waals surface area contributed by atoms with Gasteiger partial charge in [-0.1, -0.05) is 19.0 Å². The number of nitrogens with zero attached hydrogens (tertiary/aromatic N) is 4. The van der Waals surface area contributed by atoms with E-state index in [1.165, 1.54) is 6.20 Å². The zero-order valence-corrected chi connectivity index (χ0v) is 15.4. The molecule has 1 N–H and O–H groups in total. The Morgan fingerprint density at radius 3 is 2.68 bits per heavy atom. The summed E-state index contributed by atoms with van der Waals surface area (Å²) in [5, 5.41) is 3.95. The molecule has 2 aromatic rings. The lowest BCUT2D eigenvalue weighted by atomic mass is 10.00. The lowest BCUT2D eigenvalue weighted by molar-refractivity contribution is 0.0830. The minimum atomic E-state index is -3.74. The molecular formula is C15H23N5O4S. The van der Waals surface area contributed by atoms with Crippen LogP contribution in [0.3, 0.4) is 0 Å². The quantitative estimate of drug-likeness (QED) is 0.816. The van der Waals surface area contributed by atoms with Crippen molar-refractivity contribution in [3.05, 3.63) is 23.7 Å². The predicted molar refractivity (Wildman–Crippen MR) is 88.4 cm³/mol. The standard InChI is InChI=1S/C15H23N5O4S/c1-10(2)15-18-13(9-20(15)3)25(21,22)16-8-12-17-14(19-24-12)11-4-6-23-7-5-11/h9-11,16H,4-8H2,1-3H3. The fourth-order valence-corrected chi connectivity index (χ4v) is 3.78. The van der Waals surface area contributed by atoms with E-state index in [1.807, 2.05) is 13.8 Å². The van der Waals surface area contributed by atoms with E-state index in [-0.39, 0.29) is 29.3 Å². The van der Waals surface area contributed by atoms with Gasteiger partial charge in [-0.2, -0.15) is 4.98 Å². The number of nitrogens with one attached hydrogen (secondary N) is 1. The molecular weight excluding hydrogens is 346 g/mol. The zero-order chi connectivity index (χ0) is 18.0. The van der Waals surface area contributed by atoms with Gasteiger partial charge in [0.1, 0.15) is 5.82 Å². The minimum Gasteiger partial charge on any atom is -0.381 e. The monoisotopic (exact) mass is 369 g/mol. The second kappa shape index (κ2) is 7.22. The van der Waals surface area contributed by atoms with Crippen LogP contribution in [0.5, 0.6) is 0 Å². The maximum Gasteiger partial charge on any atom is 0.260 e. The average molecular weight is 369 g/mol. The summed E-state index contributed by atoms with van der Waals surface area (Å²) in [6, 6.07) is 0. The Morgan fingerprint density at radius 1 is 1.32 bits per heavy atom. The third-order valence-corrected chi connectivity index (χ3v) is 5.44. The van der Waals surface area contributed by atoms with Gasteiger partial charge in [0, 0.05) is 38.3 Å². The van der Waals surface area contributed by atoms with Crippen molar-refractivity contribution >= 4 is 10.0 Å². The van der Waals surface area contributed by atoms with Gasteiger partial charge in [-0.05, 0) is 12.8 Å². The van der Waals surface area contributed by atoms with Crippen LogP contribution in [-0.2, 0) is 28.4 Å². The normalized spacial score (nSPS) is 16.6. The topological polar surface area (TPSA) is 112 Å². The molecule has 0 atom stereocenters. The number of rotatable bonds is 6. The highest BCUT2D eigenvalue weighted by Gasteiger charge is 2.24. The lowest BCUT2D eigenvalue weighted by Gasteiger charge is -2.18. The van der Waals surface area contributed by atoms with Crippen molar-refractivity contribution in [2.45, 2.75) is 50.1 Å². The number of aryl methyl sites for hydroxylation is 1. The van der Waals surface area contributed by atoms with Gasteiger partial charge in [0.15, 0.2) is 10.9 Å². The van der Waals surface area contributed by atoms with Crippen molar-refractivity contribution in [1.29, 1.82) is 0 Å². The fraction of sp³-hybridized carbons (Fsp3) is 0.667. The summed E-state index contributed by atoms with van der Waals surface area (Å²) in [6.07, 6.45) is 3.19. The van der Waals surface area contributed by atoms with E-state index in [1.54, 1.807) is 11.6 Å². The minimum absolute atomic E-state index is 0.0112. The molecule has 3 heterocycles. The van der Waals surface area contributed by atoms with E-state index in [4.69, 9.17) is 9.26 Å². The van der Waals surface area contributed by atoms with E-state index in [0.29, 0.717) is 24.9 Å². The average Bonchev–Trinajstić information content (AvgIpc) is 3.21. The number of hydrogen-bond donors (Lipinski definition) is 1. The molecule has 138 valence electrons. The Labute approximate surface area is 146 Å². The first kappa shape index (κ1) is 18.0. The van der Waals surface area contributed by atoms with E-state index in [0.717, 1.165) is 12.8 Å². The lowest BCUT2D eigenvalue weighted by Crippen LogP contribution is -2.24. The van der Waals surface area contributed by atoms with Crippen molar-refractivity contribution in [3.8, 4) is 0 Å². The summed E-state index contributed by atoms with van der Waals surface area (Å²) in [7, 11) is -1.96. The Kier molecular flexibility index (Phi) is 5.21. The SMILES string of the molecule is CC(C)c1nc(S(=O)(=O)NCc2nc(C3CCOCC3)no2)cn1C. The van der Waals surface area contributed by atoms with Crippen molar-refractivity contribution < 1.29 is 17.7 Å². The molecule has 0 saturated carbocycles. The summed E-state index contributed by atoms with van der Waals surface area (Å²) >= 11 is 0. The zero-order valence-electron chi connectivity index (χ0n) is 14.6. The van der Waals surface area contributed by atoms with E-state index >= 15 is 0 Å². The molecule has 0 bridgehead atoms. The van der Waals surface area contributed by atoms with Crippen LogP contribution in [0.4, 0.5) is 0 Å². The number of hydrogen-bond acceptors (Lipinski definition) is 7. The first-order valence-corrected chi connectivity index (χ1v) is 9.78. The van der Waals surface area contributed by atoms with Crippen LogP contribution in [0, 0.1) is 0 Å². The van der Waals surface area contributed by atoms with Gasteiger partial charge in [0.05, 0.1) is 6.54 Å². The molecule has 25 heavy (non-hydrogen) atoms. The summed E-state index contributed by atoms with van der Waals surface area (Å²) in [6.45, 7) is 5.22. The van der Waals surface area contributed by atoms with Crippen LogP contribution in [0.2, 0.25) is 0 Å². The Balaban J connectivity index is 1.66. The summed E-state index contributed by atoms with van der Waals surface area (Å²) < 4.78 is 39.5. The van der Waals surface area contributed by atoms with Crippen LogP contribution >= 0.6 is 0 Å².